The van der Waals surface area contributed by atoms with Gasteiger partial charge in [0.15, 0.2) is 5.78 Å². The Balaban J connectivity index is 0.000000187. The molecule has 0 saturated heterocycles. The van der Waals surface area contributed by atoms with Crippen LogP contribution in [0.3, 0.4) is 0 Å². The van der Waals surface area contributed by atoms with E-state index in [2.05, 4.69) is 187 Å². The Hall–Kier alpha value is -7.14. The van der Waals surface area contributed by atoms with Crippen LogP contribution >= 0.6 is 11.3 Å². The molecule has 8 heteroatoms. The summed E-state index contributed by atoms with van der Waals surface area (Å²) in [7, 11) is 0. The molecule has 0 fully saturated rings. The number of hydrogen-bond acceptors (Lipinski definition) is 7. The Morgan fingerprint density at radius 1 is 0.630 bits per heavy atom. The number of aliphatic hydroxyl groups excluding tert-OH is 1. The number of carbonyl (C=O) groups is 1. The first-order valence-corrected chi connectivity index (χ1v) is 29.2. The number of rotatable bonds is 13. The zero-order chi connectivity index (χ0) is 57.3. The fourth-order valence-electron chi connectivity index (χ4n) is 10.6. The normalized spacial score (nSPS) is 11.8. The largest absolute Gasteiger partial charge is 0.512 e. The van der Waals surface area contributed by atoms with Crippen molar-refractivity contribution in [1.82, 2.24) is 15.0 Å². The van der Waals surface area contributed by atoms with Gasteiger partial charge < -0.3 is 10.1 Å². The SMILES string of the molecule is CC(C)(C)Cc1ccc2sc3c(ccc4c(-c5[c-]c6ccccc6c(C#N)c5)ncnc43)c2c1.CCC(CC)C(=O)/C=C(\O)C(CC)CC.Cc1[c-]c(-c2cc(-c3ccc(-c4ccc(CC(C)(C)C)cc4)cc3)ccn2)cc(C)c1.[Ir]. The van der Waals surface area contributed by atoms with Crippen LogP contribution in [-0.2, 0) is 37.7 Å². The summed E-state index contributed by atoms with van der Waals surface area (Å²) in [5.74, 6) is 0.547. The maximum atomic E-state index is 11.7. The van der Waals surface area contributed by atoms with Crippen LogP contribution in [0.4, 0.5) is 0 Å². The van der Waals surface area contributed by atoms with E-state index in [4.69, 9.17) is 4.98 Å². The molecule has 10 aromatic rings. The fourth-order valence-corrected chi connectivity index (χ4v) is 11.8. The molecule has 3 aromatic heterocycles. The number of benzene rings is 7. The van der Waals surface area contributed by atoms with Crippen LogP contribution in [0.2, 0.25) is 0 Å². The number of thiophene rings is 1. The zero-order valence-corrected chi connectivity index (χ0v) is 52.4. The van der Waals surface area contributed by atoms with E-state index in [1.165, 1.54) is 65.2 Å². The third-order valence-corrected chi connectivity index (χ3v) is 15.9. The van der Waals surface area contributed by atoms with Gasteiger partial charge in [-0.05, 0) is 118 Å². The minimum atomic E-state index is 0. The Bertz CT molecular complexity index is 3850. The number of nitriles is 1. The first-order chi connectivity index (χ1) is 38.3. The number of allylic oxidation sites excluding steroid dienone is 2. The molecular formula is C73H76IrN4O2S-2. The molecule has 0 bridgehead atoms. The second kappa shape index (κ2) is 27.1. The molecule has 0 amide bonds. The van der Waals surface area contributed by atoms with E-state index in [0.717, 1.165) is 88.3 Å². The average molecular weight is 1270 g/mol. The average Bonchev–Trinajstić information content (AvgIpc) is 3.81. The first-order valence-electron chi connectivity index (χ1n) is 28.3. The topological polar surface area (TPSA) is 99.8 Å². The molecule has 10 rings (SSSR count). The molecule has 0 saturated carbocycles. The van der Waals surface area contributed by atoms with Gasteiger partial charge in [-0.25, -0.2) is 4.98 Å². The third kappa shape index (κ3) is 15.5. The minimum absolute atomic E-state index is 0. The van der Waals surface area contributed by atoms with Crippen molar-refractivity contribution >= 4 is 59.0 Å². The summed E-state index contributed by atoms with van der Waals surface area (Å²) in [6, 6.07) is 56.4. The van der Waals surface area contributed by atoms with Crippen molar-refractivity contribution in [2.24, 2.45) is 22.7 Å². The Morgan fingerprint density at radius 2 is 1.23 bits per heavy atom. The number of fused-ring (bicyclic) bond motifs is 6. The Kier molecular flexibility index (Phi) is 20.6. The van der Waals surface area contributed by atoms with E-state index in [-0.39, 0.29) is 48.9 Å². The third-order valence-electron chi connectivity index (χ3n) is 14.7. The van der Waals surface area contributed by atoms with E-state index in [1.807, 2.05) is 64.2 Å². The number of pyridine rings is 1. The summed E-state index contributed by atoms with van der Waals surface area (Å²) in [6.45, 7) is 25.9. The summed E-state index contributed by atoms with van der Waals surface area (Å²) in [6.07, 6.45) is 10.6. The smallest absolute Gasteiger partial charge is 0.162 e. The molecule has 7 aromatic carbocycles. The first kappa shape index (κ1) is 61.5. The quantitative estimate of drug-likeness (QED) is 0.0701. The fraction of sp³-hybridized carbons (Fsp3) is 0.301. The summed E-state index contributed by atoms with van der Waals surface area (Å²) in [5.41, 5.74) is 15.7. The summed E-state index contributed by atoms with van der Waals surface area (Å²) in [5, 5.41) is 24.8. The molecule has 0 aliphatic carbocycles. The molecule has 81 heavy (non-hydrogen) atoms. The van der Waals surface area contributed by atoms with Crippen molar-refractivity contribution in [2.45, 2.75) is 122 Å². The molecule has 417 valence electrons. The van der Waals surface area contributed by atoms with Gasteiger partial charge in [0, 0.05) is 65.4 Å². The second-order valence-corrected chi connectivity index (χ2v) is 24.7. The molecule has 3 heterocycles. The molecule has 1 N–H and O–H groups in total. The van der Waals surface area contributed by atoms with E-state index < -0.39 is 0 Å². The van der Waals surface area contributed by atoms with Crippen LogP contribution < -0.4 is 0 Å². The summed E-state index contributed by atoms with van der Waals surface area (Å²) < 4.78 is 2.44. The van der Waals surface area contributed by atoms with Crippen LogP contribution in [-0.4, -0.2) is 25.8 Å². The molecule has 0 unspecified atom stereocenters. The molecule has 0 spiro atoms. The maximum Gasteiger partial charge on any atom is 0.162 e. The molecular weight excluding hydrogens is 1190 g/mol. The van der Waals surface area contributed by atoms with Gasteiger partial charge in [-0.15, -0.1) is 69.8 Å². The van der Waals surface area contributed by atoms with Crippen molar-refractivity contribution in [3.8, 4) is 50.8 Å². The number of aromatic nitrogens is 3. The number of nitrogens with zero attached hydrogens (tertiary/aromatic N) is 4. The van der Waals surface area contributed by atoms with E-state index in [9.17, 15) is 15.2 Å². The van der Waals surface area contributed by atoms with Crippen molar-refractivity contribution in [1.29, 1.82) is 5.26 Å². The number of hydrogen-bond donors (Lipinski definition) is 1. The maximum absolute atomic E-state index is 11.7. The van der Waals surface area contributed by atoms with Gasteiger partial charge in [-0.3, -0.25) is 9.78 Å². The monoisotopic (exact) mass is 1270 g/mol. The van der Waals surface area contributed by atoms with E-state index >= 15 is 0 Å². The van der Waals surface area contributed by atoms with Crippen LogP contribution in [0.1, 0.15) is 123 Å². The zero-order valence-electron chi connectivity index (χ0n) is 49.2. The van der Waals surface area contributed by atoms with Crippen molar-refractivity contribution in [3.05, 3.63) is 198 Å². The molecule has 0 atom stereocenters. The van der Waals surface area contributed by atoms with Crippen molar-refractivity contribution in [3.63, 3.8) is 0 Å². The number of ketones is 1. The van der Waals surface area contributed by atoms with Crippen LogP contribution in [0.25, 0.3) is 86.6 Å². The van der Waals surface area contributed by atoms with Crippen LogP contribution in [0, 0.1) is 60.0 Å². The Labute approximate surface area is 498 Å². The minimum Gasteiger partial charge on any atom is -0.512 e. The Morgan fingerprint density at radius 3 is 1.86 bits per heavy atom. The van der Waals surface area contributed by atoms with Gasteiger partial charge >= 0.3 is 0 Å². The molecule has 0 aliphatic heterocycles. The summed E-state index contributed by atoms with van der Waals surface area (Å²) >= 11 is 1.78. The number of carbonyl (C=O) groups excluding carboxylic acids is 1. The standard InChI is InChI=1S/C30H22N3S.C30H30N.C13H24O2.Ir/c1-30(2,3)15-18-8-11-26-25(12-18)23-9-10-24-27(32-17-33-28(24)29(23)34-26)20-13-19-6-4-5-7-22(19)21(14-20)16-31;1-21-16-22(2)18-28(17-21)29-19-27(14-15-31-29)26-12-10-25(11-13-26)24-8-6-23(7-9-24)20-30(3,4)5;1-5-10(6-2)12(14)9-13(15)11(7-3)8-4;/h4-12,14,17H,15H2,1-3H3;6-17,19H,20H2,1-5H3;9-11,14H,5-8H2,1-4H3;/q2*-1;;/b;;12-9-;. The predicted molar refractivity (Wildman–Crippen MR) is 338 cm³/mol. The van der Waals surface area contributed by atoms with E-state index in [0.29, 0.717) is 11.0 Å². The van der Waals surface area contributed by atoms with Gasteiger partial charge in [0.25, 0.3) is 0 Å². The number of aliphatic hydroxyl groups is 1. The van der Waals surface area contributed by atoms with Gasteiger partial charge in [0.2, 0.25) is 0 Å². The van der Waals surface area contributed by atoms with Gasteiger partial charge in [0.1, 0.15) is 6.33 Å². The van der Waals surface area contributed by atoms with Crippen molar-refractivity contribution < 1.29 is 30.0 Å². The van der Waals surface area contributed by atoms with Gasteiger partial charge in [-0.1, -0.05) is 185 Å². The van der Waals surface area contributed by atoms with Crippen LogP contribution in [0.15, 0.2) is 158 Å². The summed E-state index contributed by atoms with van der Waals surface area (Å²) in [4.78, 5) is 25.6. The van der Waals surface area contributed by atoms with Gasteiger partial charge in [0.05, 0.1) is 22.0 Å². The second-order valence-electron chi connectivity index (χ2n) is 23.7. The van der Waals surface area contributed by atoms with Crippen molar-refractivity contribution in [2.75, 3.05) is 0 Å². The molecule has 6 nitrogen and oxygen atoms in total. The number of aryl methyl sites for hydroxylation is 2. The predicted octanol–water partition coefficient (Wildman–Crippen LogP) is 20.0. The molecule has 1 radical (unpaired) electrons. The van der Waals surface area contributed by atoms with Gasteiger partial charge in [-0.2, -0.15) is 5.26 Å². The van der Waals surface area contributed by atoms with Crippen LogP contribution in [0.5, 0.6) is 0 Å². The van der Waals surface area contributed by atoms with E-state index in [1.54, 1.807) is 17.7 Å². The molecule has 0 aliphatic rings.